The molecule has 7 heteroatoms. The standard InChI is InChI=1S/C12H16Cl2N2O2.ClH/c13-9-3-4-11(10(14)7-9)18-8-12(17)16-6-2-1-5-15;/h3-4,7H,1-2,5-6,8,15H2,(H,16,17);1H. The Hall–Kier alpha value is -0.680. The second-order valence-electron chi connectivity index (χ2n) is 3.71. The third-order valence-electron chi connectivity index (χ3n) is 2.21. The van der Waals surface area contributed by atoms with Gasteiger partial charge in [-0.25, -0.2) is 0 Å². The van der Waals surface area contributed by atoms with Crippen molar-refractivity contribution in [1.29, 1.82) is 0 Å². The lowest BCUT2D eigenvalue weighted by Crippen LogP contribution is -2.29. The Labute approximate surface area is 129 Å². The van der Waals surface area contributed by atoms with Gasteiger partial charge in [-0.1, -0.05) is 23.2 Å². The Bertz CT molecular complexity index is 403. The molecule has 0 radical (unpaired) electrons. The van der Waals surface area contributed by atoms with Gasteiger partial charge in [-0.15, -0.1) is 12.4 Å². The van der Waals surface area contributed by atoms with Gasteiger partial charge in [-0.05, 0) is 37.6 Å². The van der Waals surface area contributed by atoms with E-state index in [4.69, 9.17) is 33.7 Å². The summed E-state index contributed by atoms with van der Waals surface area (Å²) in [7, 11) is 0. The van der Waals surface area contributed by atoms with Gasteiger partial charge in [-0.2, -0.15) is 0 Å². The fourth-order valence-corrected chi connectivity index (χ4v) is 1.75. The molecule has 3 N–H and O–H groups in total. The van der Waals surface area contributed by atoms with E-state index in [0.29, 0.717) is 28.9 Å². The summed E-state index contributed by atoms with van der Waals surface area (Å²) < 4.78 is 5.28. The lowest BCUT2D eigenvalue weighted by atomic mass is 10.3. The van der Waals surface area contributed by atoms with Crippen LogP contribution in [0.1, 0.15) is 12.8 Å². The van der Waals surface area contributed by atoms with Crippen molar-refractivity contribution in [3.63, 3.8) is 0 Å². The summed E-state index contributed by atoms with van der Waals surface area (Å²) in [6.07, 6.45) is 1.76. The minimum atomic E-state index is -0.182. The molecule has 0 spiro atoms. The maximum atomic E-state index is 11.4. The zero-order valence-electron chi connectivity index (χ0n) is 10.3. The molecule has 108 valence electrons. The van der Waals surface area contributed by atoms with Gasteiger partial charge >= 0.3 is 0 Å². The molecule has 0 aromatic heterocycles. The van der Waals surface area contributed by atoms with Crippen molar-refractivity contribution in [1.82, 2.24) is 5.32 Å². The smallest absolute Gasteiger partial charge is 0.257 e. The van der Waals surface area contributed by atoms with Crippen LogP contribution in [-0.2, 0) is 4.79 Å². The molecule has 0 aliphatic carbocycles. The number of rotatable bonds is 7. The van der Waals surface area contributed by atoms with E-state index >= 15 is 0 Å². The Morgan fingerprint density at radius 1 is 1.32 bits per heavy atom. The fraction of sp³-hybridized carbons (Fsp3) is 0.417. The van der Waals surface area contributed by atoms with Gasteiger partial charge in [0, 0.05) is 11.6 Å². The third-order valence-corrected chi connectivity index (χ3v) is 2.74. The molecule has 0 heterocycles. The Balaban J connectivity index is 0.00000324. The lowest BCUT2D eigenvalue weighted by Gasteiger charge is -2.08. The highest BCUT2D eigenvalue weighted by molar-refractivity contribution is 6.35. The molecule has 1 aromatic carbocycles. The molecule has 0 aliphatic heterocycles. The molecule has 0 unspecified atom stereocenters. The summed E-state index contributed by atoms with van der Waals surface area (Å²) in [5.41, 5.74) is 5.35. The van der Waals surface area contributed by atoms with Gasteiger partial charge < -0.3 is 15.8 Å². The molecule has 4 nitrogen and oxygen atoms in total. The van der Waals surface area contributed by atoms with Gasteiger partial charge in [0.2, 0.25) is 0 Å². The predicted octanol–water partition coefficient (Wildman–Crippen LogP) is 2.65. The average molecular weight is 328 g/mol. The van der Waals surface area contributed by atoms with Crippen molar-refractivity contribution in [2.45, 2.75) is 12.8 Å². The van der Waals surface area contributed by atoms with Crippen molar-refractivity contribution < 1.29 is 9.53 Å². The third kappa shape index (κ3) is 7.47. The maximum absolute atomic E-state index is 11.4. The number of ether oxygens (including phenoxy) is 1. The van der Waals surface area contributed by atoms with Crippen molar-refractivity contribution in [2.24, 2.45) is 5.73 Å². The lowest BCUT2D eigenvalue weighted by molar-refractivity contribution is -0.123. The van der Waals surface area contributed by atoms with Crippen LogP contribution in [0.25, 0.3) is 0 Å². The summed E-state index contributed by atoms with van der Waals surface area (Å²) in [6, 6.07) is 4.85. The van der Waals surface area contributed by atoms with Crippen LogP contribution < -0.4 is 15.8 Å². The summed E-state index contributed by atoms with van der Waals surface area (Å²) in [5, 5.41) is 3.64. The highest BCUT2D eigenvalue weighted by Gasteiger charge is 2.05. The largest absolute Gasteiger partial charge is 0.482 e. The first-order valence-electron chi connectivity index (χ1n) is 5.68. The summed E-state index contributed by atoms with van der Waals surface area (Å²) >= 11 is 11.7. The van der Waals surface area contributed by atoms with Crippen molar-refractivity contribution in [3.8, 4) is 5.75 Å². The average Bonchev–Trinajstić information content (AvgIpc) is 2.33. The molecule has 0 saturated carbocycles. The highest BCUT2D eigenvalue weighted by atomic mass is 35.5. The van der Waals surface area contributed by atoms with Crippen LogP contribution in [0, 0.1) is 0 Å². The maximum Gasteiger partial charge on any atom is 0.257 e. The fourth-order valence-electron chi connectivity index (χ4n) is 1.28. The number of nitrogens with one attached hydrogen (secondary N) is 1. The number of nitrogens with two attached hydrogens (primary N) is 1. The quantitative estimate of drug-likeness (QED) is 0.757. The predicted molar refractivity (Wildman–Crippen MR) is 80.5 cm³/mol. The molecular formula is C12H17Cl3N2O2. The second kappa shape index (κ2) is 10.1. The van der Waals surface area contributed by atoms with E-state index < -0.39 is 0 Å². The summed E-state index contributed by atoms with van der Waals surface area (Å²) in [4.78, 5) is 11.4. The van der Waals surface area contributed by atoms with E-state index in [9.17, 15) is 4.79 Å². The Morgan fingerprint density at radius 3 is 2.68 bits per heavy atom. The van der Waals surface area contributed by atoms with Gasteiger partial charge in [0.05, 0.1) is 5.02 Å². The second-order valence-corrected chi connectivity index (χ2v) is 4.55. The van der Waals surface area contributed by atoms with E-state index in [1.54, 1.807) is 18.2 Å². The van der Waals surface area contributed by atoms with Gasteiger partial charge in [-0.3, -0.25) is 4.79 Å². The monoisotopic (exact) mass is 326 g/mol. The first-order valence-corrected chi connectivity index (χ1v) is 6.43. The molecule has 0 bridgehead atoms. The number of benzene rings is 1. The van der Waals surface area contributed by atoms with E-state index in [1.165, 1.54) is 0 Å². The number of carbonyl (C=O) groups excluding carboxylic acids is 1. The minimum Gasteiger partial charge on any atom is -0.482 e. The number of halogens is 3. The molecule has 0 aliphatic rings. The number of hydrogen-bond donors (Lipinski definition) is 2. The van der Waals surface area contributed by atoms with Crippen LogP contribution in [-0.4, -0.2) is 25.6 Å². The number of amides is 1. The molecule has 0 atom stereocenters. The SMILES string of the molecule is Cl.NCCCCNC(=O)COc1ccc(Cl)cc1Cl. The molecule has 0 saturated heterocycles. The summed E-state index contributed by atoms with van der Waals surface area (Å²) in [6.45, 7) is 1.17. The minimum absolute atomic E-state index is 0. The van der Waals surface area contributed by atoms with Crippen molar-refractivity contribution in [2.75, 3.05) is 19.7 Å². The van der Waals surface area contributed by atoms with E-state index in [-0.39, 0.29) is 24.9 Å². The normalized spacial score (nSPS) is 9.63. The molecular weight excluding hydrogens is 311 g/mol. The zero-order chi connectivity index (χ0) is 13.4. The van der Waals surface area contributed by atoms with Crippen LogP contribution in [0.3, 0.4) is 0 Å². The van der Waals surface area contributed by atoms with Gasteiger partial charge in [0.15, 0.2) is 6.61 Å². The number of hydrogen-bond acceptors (Lipinski definition) is 3. The van der Waals surface area contributed by atoms with E-state index in [2.05, 4.69) is 5.32 Å². The van der Waals surface area contributed by atoms with Crippen LogP contribution in [0.4, 0.5) is 0 Å². The summed E-state index contributed by atoms with van der Waals surface area (Å²) in [5.74, 6) is 0.260. The first-order chi connectivity index (χ1) is 8.63. The molecule has 1 aromatic rings. The molecule has 0 fully saturated rings. The first kappa shape index (κ1) is 18.3. The molecule has 1 rings (SSSR count). The molecule has 19 heavy (non-hydrogen) atoms. The zero-order valence-corrected chi connectivity index (χ0v) is 12.7. The van der Waals surface area contributed by atoms with Crippen molar-refractivity contribution >= 4 is 41.5 Å². The van der Waals surface area contributed by atoms with Crippen LogP contribution in [0.15, 0.2) is 18.2 Å². The van der Waals surface area contributed by atoms with E-state index in [0.717, 1.165) is 12.8 Å². The van der Waals surface area contributed by atoms with E-state index in [1.807, 2.05) is 0 Å². The van der Waals surface area contributed by atoms with Crippen LogP contribution in [0.2, 0.25) is 10.0 Å². The Kier molecular flexibility index (Phi) is 9.79. The topological polar surface area (TPSA) is 64.3 Å². The number of unbranched alkanes of at least 4 members (excludes halogenated alkanes) is 1. The molecule has 1 amide bonds. The Morgan fingerprint density at radius 2 is 2.05 bits per heavy atom. The van der Waals surface area contributed by atoms with Gasteiger partial charge in [0.25, 0.3) is 5.91 Å². The van der Waals surface area contributed by atoms with Gasteiger partial charge in [0.1, 0.15) is 5.75 Å². The van der Waals surface area contributed by atoms with Crippen LogP contribution >= 0.6 is 35.6 Å². The number of carbonyl (C=O) groups is 1. The highest BCUT2D eigenvalue weighted by Crippen LogP contribution is 2.27. The van der Waals surface area contributed by atoms with Crippen molar-refractivity contribution in [3.05, 3.63) is 28.2 Å². The van der Waals surface area contributed by atoms with Crippen LogP contribution in [0.5, 0.6) is 5.75 Å².